The Morgan fingerprint density at radius 1 is 1.17 bits per heavy atom. The highest BCUT2D eigenvalue weighted by Crippen LogP contribution is 2.33. The quantitative estimate of drug-likeness (QED) is 0.769. The van der Waals surface area contributed by atoms with E-state index in [2.05, 4.69) is 12.2 Å². The molecule has 1 fully saturated rings. The van der Waals surface area contributed by atoms with Crippen molar-refractivity contribution in [3.63, 3.8) is 0 Å². The third-order valence-corrected chi connectivity index (χ3v) is 7.06. The summed E-state index contributed by atoms with van der Waals surface area (Å²) in [5, 5.41) is 0. The van der Waals surface area contributed by atoms with Gasteiger partial charge in [0.15, 0.2) is 0 Å². The summed E-state index contributed by atoms with van der Waals surface area (Å²) in [5.41, 5.74) is 0.556. The van der Waals surface area contributed by atoms with Crippen molar-refractivity contribution < 1.29 is 13.2 Å². The Hall–Kier alpha value is -1.66. The minimum Gasteiger partial charge on any atom is -0.329 e. The summed E-state index contributed by atoms with van der Waals surface area (Å²) in [6.07, 6.45) is 7.24. The van der Waals surface area contributed by atoms with Crippen LogP contribution in [-0.2, 0) is 10.0 Å². The number of carbonyl (C=O) groups excluding carboxylic acids is 1. The Bertz CT molecular complexity index is 736. The third kappa shape index (κ3) is 2.89. The van der Waals surface area contributed by atoms with Crippen molar-refractivity contribution in [3.8, 4) is 0 Å². The van der Waals surface area contributed by atoms with Crippen LogP contribution in [0.2, 0.25) is 0 Å². The fraction of sp³-hybridized carbons (Fsp3) is 0.500. The topological polar surface area (TPSA) is 57.7 Å². The molecule has 1 aromatic rings. The Morgan fingerprint density at radius 2 is 1.83 bits per heavy atom. The van der Waals surface area contributed by atoms with Crippen molar-refractivity contribution in [1.82, 2.24) is 9.21 Å². The highest BCUT2D eigenvalue weighted by Gasteiger charge is 2.37. The first-order valence-corrected chi connectivity index (χ1v) is 10.0. The minimum atomic E-state index is -3.48. The normalized spacial score (nSPS) is 23.0. The molecule has 0 saturated carbocycles. The zero-order valence-electron chi connectivity index (χ0n) is 14.2. The molecule has 2 aliphatic heterocycles. The molecule has 2 aliphatic rings. The van der Waals surface area contributed by atoms with E-state index in [1.54, 1.807) is 24.3 Å². The lowest BCUT2D eigenvalue weighted by atomic mass is 10.1. The summed E-state index contributed by atoms with van der Waals surface area (Å²) < 4.78 is 26.4. The van der Waals surface area contributed by atoms with Gasteiger partial charge in [0.05, 0.1) is 10.9 Å². The highest BCUT2D eigenvalue weighted by atomic mass is 32.2. The van der Waals surface area contributed by atoms with Crippen LogP contribution in [0.15, 0.2) is 41.3 Å². The largest absolute Gasteiger partial charge is 0.329 e. The molecule has 0 aromatic heterocycles. The summed E-state index contributed by atoms with van der Waals surface area (Å²) in [5.74, 6) is -0.00126. The minimum absolute atomic E-state index is 0.00126. The van der Waals surface area contributed by atoms with E-state index in [0.717, 1.165) is 19.3 Å². The number of sulfonamides is 1. The lowest BCUT2D eigenvalue weighted by Crippen LogP contribution is -2.42. The van der Waals surface area contributed by atoms with Crippen LogP contribution in [0, 0.1) is 0 Å². The molecule has 1 aromatic carbocycles. The molecule has 5 nitrogen and oxygen atoms in total. The molecule has 6 heteroatoms. The molecule has 2 heterocycles. The second-order valence-electron chi connectivity index (χ2n) is 6.29. The maximum Gasteiger partial charge on any atom is 0.254 e. The Kier molecular flexibility index (Phi) is 4.78. The highest BCUT2D eigenvalue weighted by molar-refractivity contribution is 7.89. The van der Waals surface area contributed by atoms with Gasteiger partial charge in [-0.3, -0.25) is 4.79 Å². The zero-order valence-corrected chi connectivity index (χ0v) is 15.0. The molecule has 0 aliphatic carbocycles. The molecule has 0 N–H and O–H groups in total. The molecular formula is C18H24N2O3S. The number of nitrogens with zero attached hydrogens (tertiary/aromatic N) is 2. The van der Waals surface area contributed by atoms with E-state index >= 15 is 0 Å². The second-order valence-corrected chi connectivity index (χ2v) is 8.23. The van der Waals surface area contributed by atoms with Gasteiger partial charge in [-0.25, -0.2) is 8.42 Å². The van der Waals surface area contributed by atoms with Crippen molar-refractivity contribution in [2.24, 2.45) is 0 Å². The molecule has 2 bridgehead atoms. The number of hydrogen-bond donors (Lipinski definition) is 0. The van der Waals surface area contributed by atoms with Gasteiger partial charge in [0, 0.05) is 24.7 Å². The summed E-state index contributed by atoms with van der Waals surface area (Å²) >= 11 is 0. The summed E-state index contributed by atoms with van der Waals surface area (Å²) in [6, 6.07) is 6.83. The molecule has 1 saturated heterocycles. The fourth-order valence-electron chi connectivity index (χ4n) is 3.67. The van der Waals surface area contributed by atoms with E-state index in [9.17, 15) is 13.2 Å². The number of rotatable bonds is 5. The molecular weight excluding hydrogens is 324 g/mol. The van der Waals surface area contributed by atoms with E-state index in [1.165, 1.54) is 4.31 Å². The van der Waals surface area contributed by atoms with Gasteiger partial charge < -0.3 is 4.90 Å². The molecule has 2 unspecified atom stereocenters. The average Bonchev–Trinajstić information content (AvgIpc) is 2.84. The van der Waals surface area contributed by atoms with E-state index in [-0.39, 0.29) is 22.9 Å². The average molecular weight is 348 g/mol. The second kappa shape index (κ2) is 6.69. The third-order valence-electron chi connectivity index (χ3n) is 4.99. The molecule has 24 heavy (non-hydrogen) atoms. The van der Waals surface area contributed by atoms with Crippen LogP contribution < -0.4 is 0 Å². The number of benzene rings is 1. The van der Waals surface area contributed by atoms with Crippen molar-refractivity contribution >= 4 is 15.9 Å². The van der Waals surface area contributed by atoms with Gasteiger partial charge in [-0.2, -0.15) is 4.31 Å². The van der Waals surface area contributed by atoms with Gasteiger partial charge in [0.1, 0.15) is 0 Å². The van der Waals surface area contributed by atoms with Gasteiger partial charge in [0.2, 0.25) is 10.0 Å². The first kappa shape index (κ1) is 17.2. The Balaban J connectivity index is 1.82. The molecule has 130 valence electrons. The van der Waals surface area contributed by atoms with Gasteiger partial charge in [-0.05, 0) is 43.5 Å². The molecule has 0 spiro atoms. The van der Waals surface area contributed by atoms with Crippen molar-refractivity contribution in [2.75, 3.05) is 13.1 Å². The lowest BCUT2D eigenvalue weighted by molar-refractivity contribution is 0.0689. The van der Waals surface area contributed by atoms with E-state index in [4.69, 9.17) is 0 Å². The summed E-state index contributed by atoms with van der Waals surface area (Å²) in [6.45, 7) is 4.50. The van der Waals surface area contributed by atoms with E-state index < -0.39 is 10.0 Å². The van der Waals surface area contributed by atoms with Crippen LogP contribution in [-0.4, -0.2) is 48.7 Å². The van der Waals surface area contributed by atoms with E-state index in [0.29, 0.717) is 18.7 Å². The number of carbonyl (C=O) groups is 1. The summed E-state index contributed by atoms with van der Waals surface area (Å²) in [7, 11) is -3.48. The maximum absolute atomic E-state index is 12.8. The van der Waals surface area contributed by atoms with Crippen LogP contribution in [0.4, 0.5) is 0 Å². The predicted octanol–water partition coefficient (Wildman–Crippen LogP) is 2.65. The molecule has 3 rings (SSSR count). The first-order chi connectivity index (χ1) is 11.5. The monoisotopic (exact) mass is 348 g/mol. The van der Waals surface area contributed by atoms with Gasteiger partial charge >= 0.3 is 0 Å². The fourth-order valence-corrected chi connectivity index (χ4v) is 5.13. The van der Waals surface area contributed by atoms with Crippen LogP contribution in [0.5, 0.6) is 0 Å². The first-order valence-electron chi connectivity index (χ1n) is 8.58. The van der Waals surface area contributed by atoms with Gasteiger partial charge in [-0.1, -0.05) is 26.0 Å². The zero-order chi connectivity index (χ0) is 17.3. The maximum atomic E-state index is 12.8. The van der Waals surface area contributed by atoms with Crippen molar-refractivity contribution in [2.45, 2.75) is 50.1 Å². The number of amides is 1. The van der Waals surface area contributed by atoms with Crippen LogP contribution in [0.1, 0.15) is 43.5 Å². The smallest absolute Gasteiger partial charge is 0.254 e. The van der Waals surface area contributed by atoms with Crippen LogP contribution in [0.25, 0.3) is 0 Å². The predicted molar refractivity (Wildman–Crippen MR) is 93.3 cm³/mol. The summed E-state index contributed by atoms with van der Waals surface area (Å²) in [4.78, 5) is 15.0. The SMILES string of the molecule is CCN(CC)S(=O)(=O)c1ccc(C(=O)N2C3C=CCC2CC3)cc1. The van der Waals surface area contributed by atoms with Crippen LogP contribution in [0.3, 0.4) is 0 Å². The van der Waals surface area contributed by atoms with E-state index in [1.807, 2.05) is 18.7 Å². The van der Waals surface area contributed by atoms with Gasteiger partial charge in [0.25, 0.3) is 5.91 Å². The van der Waals surface area contributed by atoms with Crippen molar-refractivity contribution in [3.05, 3.63) is 42.0 Å². The standard InChI is InChI=1S/C18H24N2O3S/c1-3-19(4-2)24(22,23)17-12-8-14(9-13-17)18(21)20-15-6-5-7-16(20)11-10-15/h5-6,8-9,12-13,15-16H,3-4,7,10-11H2,1-2H3. The number of hydrogen-bond acceptors (Lipinski definition) is 3. The molecule has 0 radical (unpaired) electrons. The number of fused-ring (bicyclic) bond motifs is 2. The van der Waals surface area contributed by atoms with Crippen molar-refractivity contribution in [1.29, 1.82) is 0 Å². The molecule has 2 atom stereocenters. The molecule has 1 amide bonds. The Labute approximate surface area is 144 Å². The van der Waals surface area contributed by atoms with Crippen LogP contribution >= 0.6 is 0 Å². The Morgan fingerprint density at radius 3 is 2.42 bits per heavy atom. The van der Waals surface area contributed by atoms with Gasteiger partial charge in [-0.15, -0.1) is 0 Å². The lowest BCUT2D eigenvalue weighted by Gasteiger charge is -2.31.